The van der Waals surface area contributed by atoms with E-state index < -0.39 is 9.84 Å². The molecule has 0 radical (unpaired) electrons. The van der Waals surface area contributed by atoms with Gasteiger partial charge in [0.2, 0.25) is 5.91 Å². The Labute approximate surface area is 160 Å². The molecule has 0 aliphatic carbocycles. The van der Waals surface area contributed by atoms with Crippen molar-refractivity contribution < 1.29 is 13.2 Å². The molecule has 1 aromatic heterocycles. The van der Waals surface area contributed by atoms with E-state index in [1.807, 2.05) is 53.8 Å². The summed E-state index contributed by atoms with van der Waals surface area (Å²) in [5, 5.41) is 7.52. The normalized spacial score (nSPS) is 18.7. The van der Waals surface area contributed by atoms with E-state index in [9.17, 15) is 13.2 Å². The molecule has 1 aromatic carbocycles. The summed E-state index contributed by atoms with van der Waals surface area (Å²) in [5.74, 6) is 0.229. The van der Waals surface area contributed by atoms with Gasteiger partial charge in [-0.15, -0.1) is 0 Å². The van der Waals surface area contributed by atoms with E-state index in [1.165, 1.54) is 0 Å². The molecule has 0 saturated carbocycles. The van der Waals surface area contributed by atoms with E-state index in [2.05, 4.69) is 10.4 Å². The molecule has 1 atom stereocenters. The highest BCUT2D eigenvalue weighted by Gasteiger charge is 2.31. The van der Waals surface area contributed by atoms with Crippen LogP contribution in [0.4, 0.5) is 0 Å². The van der Waals surface area contributed by atoms with Gasteiger partial charge in [-0.1, -0.05) is 18.2 Å². The quantitative estimate of drug-likeness (QED) is 0.802. The van der Waals surface area contributed by atoms with Crippen molar-refractivity contribution in [3.05, 3.63) is 47.3 Å². The average Bonchev–Trinajstić information content (AvgIpc) is 3.13. The maximum atomic E-state index is 12.3. The first-order chi connectivity index (χ1) is 12.8. The van der Waals surface area contributed by atoms with Gasteiger partial charge in [-0.2, -0.15) is 5.10 Å². The molecular weight excluding hydrogens is 364 g/mol. The number of nitrogens with zero attached hydrogens (tertiary/aromatic N) is 3. The molecule has 0 spiro atoms. The molecular formula is C19H26N4O3S. The van der Waals surface area contributed by atoms with Crippen molar-refractivity contribution in [3.63, 3.8) is 0 Å². The van der Waals surface area contributed by atoms with Gasteiger partial charge in [0.1, 0.15) is 0 Å². The third-order valence-corrected chi connectivity index (χ3v) is 6.88. The summed E-state index contributed by atoms with van der Waals surface area (Å²) in [6, 6.07) is 9.80. The number of hydrogen-bond donors (Lipinski definition) is 1. The second-order valence-electron chi connectivity index (χ2n) is 7.15. The van der Waals surface area contributed by atoms with Gasteiger partial charge in [0, 0.05) is 23.8 Å². The van der Waals surface area contributed by atoms with Gasteiger partial charge in [0.05, 0.1) is 29.4 Å². The van der Waals surface area contributed by atoms with Crippen LogP contribution >= 0.6 is 0 Å². The number of sulfone groups is 1. The lowest BCUT2D eigenvalue weighted by atomic mass is 10.2. The van der Waals surface area contributed by atoms with Gasteiger partial charge in [-0.25, -0.2) is 13.1 Å². The van der Waals surface area contributed by atoms with Gasteiger partial charge in [-0.05, 0) is 39.4 Å². The number of aryl methyl sites for hydroxylation is 1. The third-order valence-electron chi connectivity index (χ3n) is 5.13. The zero-order chi connectivity index (χ0) is 19.6. The fourth-order valence-corrected chi connectivity index (χ4v) is 5.28. The fourth-order valence-electron chi connectivity index (χ4n) is 3.47. The van der Waals surface area contributed by atoms with E-state index in [0.29, 0.717) is 13.0 Å². The fraction of sp³-hybridized carbons (Fsp3) is 0.474. The van der Waals surface area contributed by atoms with Gasteiger partial charge in [0.25, 0.3) is 0 Å². The minimum atomic E-state index is -2.95. The molecule has 8 heteroatoms. The number of amides is 1. The third kappa shape index (κ3) is 4.56. The van der Waals surface area contributed by atoms with Crippen molar-refractivity contribution in [2.24, 2.45) is 0 Å². The van der Waals surface area contributed by atoms with Gasteiger partial charge >= 0.3 is 0 Å². The molecule has 3 rings (SSSR count). The molecule has 1 aliphatic heterocycles. The summed E-state index contributed by atoms with van der Waals surface area (Å²) < 4.78 is 25.1. The lowest BCUT2D eigenvalue weighted by Crippen LogP contribution is -2.41. The van der Waals surface area contributed by atoms with Crippen molar-refractivity contribution in [2.45, 2.75) is 32.9 Å². The van der Waals surface area contributed by atoms with E-state index in [-0.39, 0.29) is 30.0 Å². The van der Waals surface area contributed by atoms with E-state index in [0.717, 1.165) is 22.6 Å². The summed E-state index contributed by atoms with van der Waals surface area (Å²) in [6.07, 6.45) is 0.591. The predicted octanol–water partition coefficient (Wildman–Crippen LogP) is 1.22. The summed E-state index contributed by atoms with van der Waals surface area (Å²) in [6.45, 7) is 4.51. The Morgan fingerprint density at radius 3 is 2.63 bits per heavy atom. The van der Waals surface area contributed by atoms with Crippen molar-refractivity contribution in [2.75, 3.05) is 25.1 Å². The Bertz CT molecular complexity index is 922. The van der Waals surface area contributed by atoms with E-state index in [1.54, 1.807) is 7.05 Å². The van der Waals surface area contributed by atoms with Crippen LogP contribution in [0, 0.1) is 13.8 Å². The smallest absolute Gasteiger partial charge is 0.234 e. The Morgan fingerprint density at radius 1 is 1.30 bits per heavy atom. The Kier molecular flexibility index (Phi) is 5.67. The lowest BCUT2D eigenvalue weighted by molar-refractivity contribution is -0.122. The van der Waals surface area contributed by atoms with E-state index >= 15 is 0 Å². The Balaban J connectivity index is 1.60. The first-order valence-electron chi connectivity index (χ1n) is 9.05. The Hall–Kier alpha value is -2.19. The van der Waals surface area contributed by atoms with Crippen LogP contribution in [0.1, 0.15) is 23.4 Å². The summed E-state index contributed by atoms with van der Waals surface area (Å²) in [4.78, 5) is 14.1. The number of aromatic nitrogens is 2. The molecule has 1 fully saturated rings. The van der Waals surface area contributed by atoms with Crippen LogP contribution in [0.2, 0.25) is 0 Å². The zero-order valence-corrected chi connectivity index (χ0v) is 16.8. The molecule has 0 bridgehead atoms. The Morgan fingerprint density at radius 2 is 2.00 bits per heavy atom. The first kappa shape index (κ1) is 19.6. The van der Waals surface area contributed by atoms with E-state index in [4.69, 9.17) is 0 Å². The van der Waals surface area contributed by atoms with Crippen LogP contribution in [0.5, 0.6) is 0 Å². The number of rotatable bonds is 6. The molecule has 146 valence electrons. The maximum Gasteiger partial charge on any atom is 0.234 e. The molecule has 1 N–H and O–H groups in total. The van der Waals surface area contributed by atoms with Crippen molar-refractivity contribution in [3.8, 4) is 5.69 Å². The number of benzene rings is 1. The van der Waals surface area contributed by atoms with Crippen LogP contribution in [-0.4, -0.2) is 60.1 Å². The molecule has 1 saturated heterocycles. The standard InChI is InChI=1S/C19H26N4O3S/c1-14-18(15(2)23(21-14)16-7-5-4-6-8-16)11-20-19(24)12-22(3)17-9-10-27(25,26)13-17/h4-8,17H,9-13H2,1-3H3,(H,20,24). The highest BCUT2D eigenvalue weighted by atomic mass is 32.2. The highest BCUT2D eigenvalue weighted by molar-refractivity contribution is 7.91. The molecule has 1 aliphatic rings. The molecule has 7 nitrogen and oxygen atoms in total. The van der Waals surface area contributed by atoms with Crippen molar-refractivity contribution in [1.29, 1.82) is 0 Å². The molecule has 1 amide bonds. The monoisotopic (exact) mass is 390 g/mol. The highest BCUT2D eigenvalue weighted by Crippen LogP contribution is 2.18. The lowest BCUT2D eigenvalue weighted by Gasteiger charge is -2.22. The van der Waals surface area contributed by atoms with Crippen LogP contribution in [0.15, 0.2) is 30.3 Å². The minimum Gasteiger partial charge on any atom is -0.351 e. The second kappa shape index (κ2) is 7.82. The maximum absolute atomic E-state index is 12.3. The van der Waals surface area contributed by atoms with Crippen LogP contribution < -0.4 is 5.32 Å². The van der Waals surface area contributed by atoms with Crippen LogP contribution in [0.3, 0.4) is 0 Å². The number of carbonyl (C=O) groups is 1. The molecule has 2 aromatic rings. The molecule has 2 heterocycles. The summed E-state index contributed by atoms with van der Waals surface area (Å²) in [7, 11) is -1.15. The number of carbonyl (C=O) groups excluding carboxylic acids is 1. The predicted molar refractivity (Wildman–Crippen MR) is 105 cm³/mol. The number of likely N-dealkylation sites (N-methyl/N-ethyl adjacent to an activating group) is 1. The van der Waals surface area contributed by atoms with Crippen LogP contribution in [0.25, 0.3) is 5.69 Å². The largest absolute Gasteiger partial charge is 0.351 e. The summed E-state index contributed by atoms with van der Waals surface area (Å²) >= 11 is 0. The average molecular weight is 391 g/mol. The second-order valence-corrected chi connectivity index (χ2v) is 9.37. The first-order valence-corrected chi connectivity index (χ1v) is 10.9. The van der Waals surface area contributed by atoms with Gasteiger partial charge in [0.15, 0.2) is 9.84 Å². The number of hydrogen-bond acceptors (Lipinski definition) is 5. The van der Waals surface area contributed by atoms with Crippen LogP contribution in [-0.2, 0) is 21.2 Å². The minimum absolute atomic E-state index is 0.0787. The number of nitrogens with one attached hydrogen (secondary N) is 1. The zero-order valence-electron chi connectivity index (χ0n) is 16.0. The SMILES string of the molecule is Cc1nn(-c2ccccc2)c(C)c1CNC(=O)CN(C)C1CCS(=O)(=O)C1. The topological polar surface area (TPSA) is 84.3 Å². The van der Waals surface area contributed by atoms with Gasteiger partial charge < -0.3 is 5.32 Å². The van der Waals surface area contributed by atoms with Gasteiger partial charge in [-0.3, -0.25) is 9.69 Å². The summed E-state index contributed by atoms with van der Waals surface area (Å²) in [5.41, 5.74) is 3.86. The van der Waals surface area contributed by atoms with Crippen molar-refractivity contribution >= 4 is 15.7 Å². The molecule has 1 unspecified atom stereocenters. The number of para-hydroxylation sites is 1. The molecule has 27 heavy (non-hydrogen) atoms. The van der Waals surface area contributed by atoms with Crippen molar-refractivity contribution in [1.82, 2.24) is 20.0 Å².